The molecule has 9 heteroatoms. The van der Waals surface area contributed by atoms with Gasteiger partial charge in [0.2, 0.25) is 0 Å². The van der Waals surface area contributed by atoms with Crippen LogP contribution in [0.4, 0.5) is 4.39 Å². The van der Waals surface area contributed by atoms with Crippen molar-refractivity contribution in [1.29, 1.82) is 0 Å². The summed E-state index contributed by atoms with van der Waals surface area (Å²) in [6.45, 7) is 5.62. The summed E-state index contributed by atoms with van der Waals surface area (Å²) in [6.07, 6.45) is 1.97. The summed E-state index contributed by atoms with van der Waals surface area (Å²) in [5.74, 6) is 0.527. The lowest BCUT2D eigenvalue weighted by molar-refractivity contribution is 0.336. The third kappa shape index (κ3) is 10.4. The van der Waals surface area contributed by atoms with Crippen molar-refractivity contribution < 1.29 is 12.8 Å². The van der Waals surface area contributed by atoms with Crippen LogP contribution >= 0.6 is 24.0 Å². The van der Waals surface area contributed by atoms with Gasteiger partial charge in [0.05, 0.1) is 11.4 Å². The minimum Gasteiger partial charge on any atom is -0.357 e. The van der Waals surface area contributed by atoms with Crippen LogP contribution in [-0.4, -0.2) is 58.8 Å². The Labute approximate surface area is 202 Å². The largest absolute Gasteiger partial charge is 0.357 e. The van der Waals surface area contributed by atoms with Gasteiger partial charge in [-0.25, -0.2) is 12.8 Å². The molecule has 0 atom stereocenters. The Morgan fingerprint density at radius 2 is 1.65 bits per heavy atom. The number of likely N-dealkylation sites (N-methyl/N-ethyl adjacent to an activating group) is 1. The molecule has 0 amide bonds. The fourth-order valence-electron chi connectivity index (χ4n) is 2.88. The van der Waals surface area contributed by atoms with Crippen LogP contribution in [0.1, 0.15) is 18.1 Å². The Morgan fingerprint density at radius 3 is 2.23 bits per heavy atom. The Kier molecular flexibility index (Phi) is 12.0. The van der Waals surface area contributed by atoms with E-state index in [9.17, 15) is 12.8 Å². The van der Waals surface area contributed by atoms with Gasteiger partial charge in [-0.1, -0.05) is 24.3 Å². The smallest absolute Gasteiger partial charge is 0.191 e. The molecule has 31 heavy (non-hydrogen) atoms. The molecule has 0 unspecified atom stereocenters. The van der Waals surface area contributed by atoms with E-state index in [-0.39, 0.29) is 29.8 Å². The van der Waals surface area contributed by atoms with E-state index in [4.69, 9.17) is 0 Å². The second kappa shape index (κ2) is 13.6. The van der Waals surface area contributed by atoms with E-state index in [1.54, 1.807) is 24.3 Å². The maximum Gasteiger partial charge on any atom is 0.191 e. The Balaban J connectivity index is 0.00000480. The number of aliphatic imine (C=N–C) groups is 1. The molecule has 0 aliphatic rings. The first-order valence-corrected chi connectivity index (χ1v) is 11.9. The first-order chi connectivity index (χ1) is 14.3. The number of hydrogen-bond acceptors (Lipinski definition) is 4. The molecule has 2 rings (SSSR count). The van der Waals surface area contributed by atoms with Gasteiger partial charge in [0.15, 0.2) is 15.8 Å². The number of nitrogens with one attached hydrogen (secondary N) is 2. The molecule has 0 spiro atoms. The molecule has 0 fully saturated rings. The third-order valence-electron chi connectivity index (χ3n) is 4.52. The maximum atomic E-state index is 13.0. The van der Waals surface area contributed by atoms with Crippen molar-refractivity contribution in [2.45, 2.75) is 24.8 Å². The van der Waals surface area contributed by atoms with E-state index in [0.29, 0.717) is 18.0 Å². The second-order valence-electron chi connectivity index (χ2n) is 7.22. The summed E-state index contributed by atoms with van der Waals surface area (Å²) >= 11 is 0. The Hall–Kier alpha value is -1.72. The maximum absolute atomic E-state index is 13.0. The summed E-state index contributed by atoms with van der Waals surface area (Å²) in [7, 11) is -1.15. The zero-order chi connectivity index (χ0) is 22.0. The van der Waals surface area contributed by atoms with E-state index in [2.05, 4.69) is 20.5 Å². The standard InChI is InChI=1S/C22H31FN4O2S.HI/c1-4-24-22(25-14-13-18-7-11-21(12-8-18)30(3,28)29)26-15-16-27(2)17-19-5-9-20(23)10-6-19;/h5-12H,4,13-17H2,1-3H3,(H2,24,25,26);1H. The van der Waals surface area contributed by atoms with Crippen molar-refractivity contribution in [3.63, 3.8) is 0 Å². The van der Waals surface area contributed by atoms with Crippen molar-refractivity contribution in [2.75, 3.05) is 39.5 Å². The van der Waals surface area contributed by atoms with Crippen molar-refractivity contribution in [2.24, 2.45) is 4.99 Å². The quantitative estimate of drug-likeness (QED) is 0.265. The van der Waals surface area contributed by atoms with Crippen molar-refractivity contribution >= 4 is 39.8 Å². The van der Waals surface area contributed by atoms with Crippen LogP contribution < -0.4 is 10.6 Å². The predicted octanol–water partition coefficient (Wildman–Crippen LogP) is 3.08. The van der Waals surface area contributed by atoms with Gasteiger partial charge < -0.3 is 15.5 Å². The van der Waals surface area contributed by atoms with Crippen LogP contribution in [0.5, 0.6) is 0 Å². The lowest BCUT2D eigenvalue weighted by Gasteiger charge is -2.16. The van der Waals surface area contributed by atoms with E-state index in [1.165, 1.54) is 18.4 Å². The first kappa shape index (κ1) is 27.3. The summed E-state index contributed by atoms with van der Waals surface area (Å²) < 4.78 is 36.1. The van der Waals surface area contributed by atoms with Gasteiger partial charge in [0.25, 0.3) is 0 Å². The molecular formula is C22H32FIN4O2S. The Bertz CT molecular complexity index is 920. The number of sulfone groups is 1. The van der Waals surface area contributed by atoms with E-state index >= 15 is 0 Å². The van der Waals surface area contributed by atoms with Crippen LogP contribution in [0.25, 0.3) is 0 Å². The van der Waals surface area contributed by atoms with Crippen LogP contribution in [0.3, 0.4) is 0 Å². The highest BCUT2D eigenvalue weighted by molar-refractivity contribution is 14.0. The fraction of sp³-hybridized carbons (Fsp3) is 0.409. The van der Waals surface area contributed by atoms with Crippen LogP contribution in [0.15, 0.2) is 58.4 Å². The summed E-state index contributed by atoms with van der Waals surface area (Å²) in [6, 6.07) is 13.5. The monoisotopic (exact) mass is 562 g/mol. The van der Waals surface area contributed by atoms with Gasteiger partial charge in [-0.15, -0.1) is 24.0 Å². The predicted molar refractivity (Wildman–Crippen MR) is 135 cm³/mol. The minimum absolute atomic E-state index is 0. The van der Waals surface area contributed by atoms with Gasteiger partial charge in [-0.2, -0.15) is 0 Å². The fourth-order valence-corrected chi connectivity index (χ4v) is 3.51. The normalized spacial score (nSPS) is 11.8. The minimum atomic E-state index is -3.17. The summed E-state index contributed by atoms with van der Waals surface area (Å²) in [4.78, 5) is 7.08. The molecule has 0 aromatic heterocycles. The van der Waals surface area contributed by atoms with Crippen molar-refractivity contribution in [3.05, 3.63) is 65.5 Å². The highest BCUT2D eigenvalue weighted by Gasteiger charge is 2.06. The number of halogens is 2. The number of guanidine groups is 1. The molecule has 2 aromatic carbocycles. The number of hydrogen-bond donors (Lipinski definition) is 2. The third-order valence-corrected chi connectivity index (χ3v) is 5.65. The van der Waals surface area contributed by atoms with E-state index in [0.717, 1.165) is 43.1 Å². The van der Waals surface area contributed by atoms with Gasteiger partial charge in [-0.05, 0) is 55.8 Å². The molecule has 0 bridgehead atoms. The first-order valence-electron chi connectivity index (χ1n) is 10.0. The van der Waals surface area contributed by atoms with Crippen molar-refractivity contribution in [1.82, 2.24) is 15.5 Å². The molecule has 6 nitrogen and oxygen atoms in total. The molecule has 0 aliphatic heterocycles. The zero-order valence-electron chi connectivity index (χ0n) is 18.3. The highest BCUT2D eigenvalue weighted by atomic mass is 127. The number of rotatable bonds is 10. The van der Waals surface area contributed by atoms with Crippen LogP contribution in [0, 0.1) is 5.82 Å². The summed E-state index contributed by atoms with van der Waals surface area (Å²) in [5, 5.41) is 6.53. The van der Waals surface area contributed by atoms with Gasteiger partial charge in [-0.3, -0.25) is 4.99 Å². The molecule has 2 aromatic rings. The van der Waals surface area contributed by atoms with E-state index < -0.39 is 9.84 Å². The molecule has 172 valence electrons. The van der Waals surface area contributed by atoms with E-state index in [1.807, 2.05) is 26.1 Å². The molecule has 0 saturated heterocycles. The highest BCUT2D eigenvalue weighted by Crippen LogP contribution is 2.10. The molecule has 0 saturated carbocycles. The zero-order valence-corrected chi connectivity index (χ0v) is 21.4. The van der Waals surface area contributed by atoms with Gasteiger partial charge in [0.1, 0.15) is 5.82 Å². The van der Waals surface area contributed by atoms with Crippen LogP contribution in [-0.2, 0) is 22.8 Å². The Morgan fingerprint density at radius 1 is 1.03 bits per heavy atom. The lowest BCUT2D eigenvalue weighted by atomic mass is 10.1. The SMILES string of the molecule is CCNC(=NCCN(C)Cc1ccc(F)cc1)NCCc1ccc(S(C)(=O)=O)cc1.I. The molecule has 0 radical (unpaired) electrons. The lowest BCUT2D eigenvalue weighted by Crippen LogP contribution is -2.38. The summed E-state index contributed by atoms with van der Waals surface area (Å²) in [5.41, 5.74) is 2.12. The van der Waals surface area contributed by atoms with Gasteiger partial charge >= 0.3 is 0 Å². The average Bonchev–Trinajstić information content (AvgIpc) is 2.69. The second-order valence-corrected chi connectivity index (χ2v) is 9.23. The number of benzene rings is 2. The molecule has 0 aliphatic carbocycles. The average molecular weight is 562 g/mol. The molecule has 2 N–H and O–H groups in total. The number of nitrogens with zero attached hydrogens (tertiary/aromatic N) is 2. The molecule has 0 heterocycles. The molecular weight excluding hydrogens is 530 g/mol. The topological polar surface area (TPSA) is 73.8 Å². The van der Waals surface area contributed by atoms with Crippen LogP contribution in [0.2, 0.25) is 0 Å². The van der Waals surface area contributed by atoms with Gasteiger partial charge in [0, 0.05) is 32.4 Å². The van der Waals surface area contributed by atoms with Crippen molar-refractivity contribution in [3.8, 4) is 0 Å².